The van der Waals surface area contributed by atoms with Crippen LogP contribution in [0.3, 0.4) is 0 Å². The first-order valence-electron chi connectivity index (χ1n) is 8.43. The molecule has 0 saturated heterocycles. The second-order valence-electron chi connectivity index (χ2n) is 6.19. The number of aliphatic carboxylic acids is 1. The van der Waals surface area contributed by atoms with Gasteiger partial charge in [0, 0.05) is 24.9 Å². The first kappa shape index (κ1) is 18.9. The summed E-state index contributed by atoms with van der Waals surface area (Å²) in [6.45, 7) is 0.0724. The number of carboxylic acids is 1. The molecule has 2 rings (SSSR count). The van der Waals surface area contributed by atoms with Crippen LogP contribution >= 0.6 is 0 Å². The lowest BCUT2D eigenvalue weighted by Crippen LogP contribution is -2.46. The molecule has 7 nitrogen and oxygen atoms in total. The van der Waals surface area contributed by atoms with Crippen LogP contribution < -0.4 is 10.6 Å². The monoisotopic (exact) mass is 348 g/mol. The molecule has 0 heterocycles. The maximum atomic E-state index is 12.6. The summed E-state index contributed by atoms with van der Waals surface area (Å²) in [4.78, 5) is 34.9. The quantitative estimate of drug-likeness (QED) is 0.700. The molecule has 136 valence electrons. The van der Waals surface area contributed by atoms with Gasteiger partial charge in [-0.2, -0.15) is 0 Å². The molecule has 1 aromatic carbocycles. The maximum absolute atomic E-state index is 12.6. The van der Waals surface area contributed by atoms with Gasteiger partial charge < -0.3 is 20.5 Å². The Kier molecular flexibility index (Phi) is 6.52. The third kappa shape index (κ3) is 5.03. The van der Waals surface area contributed by atoms with E-state index in [0.717, 1.165) is 19.3 Å². The summed E-state index contributed by atoms with van der Waals surface area (Å²) in [7, 11) is 1.56. The third-order valence-electron chi connectivity index (χ3n) is 4.50. The van der Waals surface area contributed by atoms with Gasteiger partial charge in [-0.25, -0.2) is 0 Å². The molecule has 0 atom stereocenters. The second kappa shape index (κ2) is 8.62. The Labute approximate surface area is 146 Å². The van der Waals surface area contributed by atoms with Crippen LogP contribution in [0, 0.1) is 0 Å². The highest BCUT2D eigenvalue weighted by Gasteiger charge is 2.39. The highest BCUT2D eigenvalue weighted by molar-refractivity contribution is 5.98. The van der Waals surface area contributed by atoms with Crippen LogP contribution in [-0.4, -0.2) is 42.1 Å². The number of carboxylic acid groups (broad SMARTS) is 1. The number of nitrogens with one attached hydrogen (secondary N) is 2. The van der Waals surface area contributed by atoms with E-state index in [0.29, 0.717) is 24.1 Å². The first-order valence-corrected chi connectivity index (χ1v) is 8.43. The van der Waals surface area contributed by atoms with Crippen LogP contribution in [0.1, 0.15) is 48.9 Å². The number of benzene rings is 1. The maximum Gasteiger partial charge on any atom is 0.305 e. The number of amides is 2. The average molecular weight is 348 g/mol. The fourth-order valence-corrected chi connectivity index (χ4v) is 2.98. The lowest BCUT2D eigenvalue weighted by Gasteiger charge is -2.34. The summed E-state index contributed by atoms with van der Waals surface area (Å²) in [6, 6.07) is 6.48. The normalized spacial score (nSPS) is 16.0. The van der Waals surface area contributed by atoms with Crippen molar-refractivity contribution in [2.24, 2.45) is 0 Å². The molecule has 3 N–H and O–H groups in total. The molecule has 2 amide bonds. The van der Waals surface area contributed by atoms with Gasteiger partial charge in [0.15, 0.2) is 0 Å². The van der Waals surface area contributed by atoms with E-state index in [4.69, 9.17) is 9.84 Å². The molecule has 1 fully saturated rings. The number of methoxy groups -OCH3 is 1. The molecule has 0 bridgehead atoms. The molecule has 1 aliphatic rings. The average Bonchev–Trinajstić information content (AvgIpc) is 2.62. The van der Waals surface area contributed by atoms with Crippen LogP contribution in [0.2, 0.25) is 0 Å². The highest BCUT2D eigenvalue weighted by Crippen LogP contribution is 2.32. The zero-order chi connectivity index (χ0) is 18.3. The molecule has 0 spiro atoms. The van der Waals surface area contributed by atoms with Crippen LogP contribution in [0.25, 0.3) is 0 Å². The minimum absolute atomic E-state index is 0.0724. The summed E-state index contributed by atoms with van der Waals surface area (Å²) in [5, 5.41) is 13.9. The van der Waals surface area contributed by atoms with Gasteiger partial charge in [-0.3, -0.25) is 14.4 Å². The van der Waals surface area contributed by atoms with Gasteiger partial charge in [0.1, 0.15) is 5.60 Å². The molecule has 25 heavy (non-hydrogen) atoms. The number of ether oxygens (including phenoxy) is 1. The molecule has 0 radical (unpaired) electrons. The summed E-state index contributed by atoms with van der Waals surface area (Å²) in [5.41, 5.74) is 0.224. The smallest absolute Gasteiger partial charge is 0.305 e. The Balaban J connectivity index is 1.94. The fraction of sp³-hybridized carbons (Fsp3) is 0.500. The number of rotatable bonds is 7. The van der Waals surface area contributed by atoms with Crippen molar-refractivity contribution in [2.75, 3.05) is 19.0 Å². The van der Waals surface area contributed by atoms with Gasteiger partial charge in [-0.1, -0.05) is 19.3 Å². The number of carbonyl (C=O) groups is 3. The molecule has 1 aromatic rings. The van der Waals surface area contributed by atoms with E-state index in [1.54, 1.807) is 31.4 Å². The van der Waals surface area contributed by atoms with Crippen molar-refractivity contribution >= 4 is 23.5 Å². The lowest BCUT2D eigenvalue weighted by atomic mass is 9.84. The summed E-state index contributed by atoms with van der Waals surface area (Å²) < 4.78 is 5.51. The molecule has 1 saturated carbocycles. The largest absolute Gasteiger partial charge is 0.481 e. The summed E-state index contributed by atoms with van der Waals surface area (Å²) in [5.74, 6) is -1.47. The minimum atomic E-state index is -0.965. The van der Waals surface area contributed by atoms with Gasteiger partial charge in [-0.15, -0.1) is 0 Å². The predicted molar refractivity (Wildman–Crippen MR) is 92.5 cm³/mol. The van der Waals surface area contributed by atoms with Gasteiger partial charge >= 0.3 is 5.97 Å². The van der Waals surface area contributed by atoms with Crippen LogP contribution in [-0.2, 0) is 14.3 Å². The number of hydrogen-bond acceptors (Lipinski definition) is 4. The van der Waals surface area contributed by atoms with Crippen LogP contribution in [0.5, 0.6) is 0 Å². The molecule has 1 aliphatic carbocycles. The molecule has 7 heteroatoms. The number of hydrogen-bond donors (Lipinski definition) is 3. The van der Waals surface area contributed by atoms with E-state index in [1.807, 2.05) is 0 Å². The molecule has 0 unspecified atom stereocenters. The Morgan fingerprint density at radius 2 is 1.76 bits per heavy atom. The van der Waals surface area contributed by atoms with Crippen LogP contribution in [0.15, 0.2) is 24.3 Å². The van der Waals surface area contributed by atoms with Crippen molar-refractivity contribution < 1.29 is 24.2 Å². The van der Waals surface area contributed by atoms with Crippen molar-refractivity contribution in [3.8, 4) is 0 Å². The molecule has 0 aliphatic heterocycles. The number of anilines is 1. The Hall–Kier alpha value is -2.41. The Morgan fingerprint density at radius 1 is 1.12 bits per heavy atom. The van der Waals surface area contributed by atoms with Gasteiger partial charge in [0.25, 0.3) is 11.8 Å². The van der Waals surface area contributed by atoms with Gasteiger partial charge in [0.2, 0.25) is 0 Å². The van der Waals surface area contributed by atoms with E-state index >= 15 is 0 Å². The minimum Gasteiger partial charge on any atom is -0.481 e. The van der Waals surface area contributed by atoms with E-state index in [-0.39, 0.29) is 24.8 Å². The fourth-order valence-electron chi connectivity index (χ4n) is 2.98. The Bertz CT molecular complexity index is 621. The predicted octanol–water partition coefficient (Wildman–Crippen LogP) is 2.18. The highest BCUT2D eigenvalue weighted by atomic mass is 16.5. The summed E-state index contributed by atoms with van der Waals surface area (Å²) >= 11 is 0. The van der Waals surface area contributed by atoms with E-state index in [2.05, 4.69) is 10.6 Å². The van der Waals surface area contributed by atoms with E-state index in [1.165, 1.54) is 0 Å². The first-order chi connectivity index (χ1) is 12.0. The van der Waals surface area contributed by atoms with Crippen molar-refractivity contribution in [3.05, 3.63) is 29.8 Å². The van der Waals surface area contributed by atoms with E-state index in [9.17, 15) is 14.4 Å². The van der Waals surface area contributed by atoms with Crippen molar-refractivity contribution in [3.63, 3.8) is 0 Å². The second-order valence-corrected chi connectivity index (χ2v) is 6.19. The third-order valence-corrected chi connectivity index (χ3v) is 4.50. The van der Waals surface area contributed by atoms with Crippen molar-refractivity contribution in [1.82, 2.24) is 5.32 Å². The molecular weight excluding hydrogens is 324 g/mol. The topological polar surface area (TPSA) is 105 Å². The summed E-state index contributed by atoms with van der Waals surface area (Å²) in [6.07, 6.45) is 4.34. The van der Waals surface area contributed by atoms with Gasteiger partial charge in [0.05, 0.1) is 6.42 Å². The zero-order valence-electron chi connectivity index (χ0n) is 14.3. The van der Waals surface area contributed by atoms with Crippen molar-refractivity contribution in [1.29, 1.82) is 0 Å². The molecule has 0 aromatic heterocycles. The standard InChI is InChI=1S/C18H24N2O5/c1-25-18(10-3-2-4-11-18)17(24)20-14-7-5-13(6-8-14)16(23)19-12-9-15(21)22/h5-8H,2-4,9-12H2,1H3,(H,19,23)(H,20,24)(H,21,22). The lowest BCUT2D eigenvalue weighted by molar-refractivity contribution is -0.141. The van der Waals surface area contributed by atoms with E-state index < -0.39 is 11.6 Å². The number of carbonyl (C=O) groups excluding carboxylic acids is 2. The van der Waals surface area contributed by atoms with Crippen LogP contribution in [0.4, 0.5) is 5.69 Å². The zero-order valence-corrected chi connectivity index (χ0v) is 14.3. The van der Waals surface area contributed by atoms with Gasteiger partial charge in [-0.05, 0) is 37.1 Å². The van der Waals surface area contributed by atoms with Crippen molar-refractivity contribution in [2.45, 2.75) is 44.1 Å². The molecular formula is C18H24N2O5. The Morgan fingerprint density at radius 3 is 2.32 bits per heavy atom. The SMILES string of the molecule is COC1(C(=O)Nc2ccc(C(=O)NCCC(=O)O)cc2)CCCCC1.